The highest BCUT2D eigenvalue weighted by atomic mass is 79.9. The van der Waals surface area contributed by atoms with Crippen LogP contribution in [0.25, 0.3) is 0 Å². The van der Waals surface area contributed by atoms with E-state index in [0.29, 0.717) is 6.54 Å². The Hall–Kier alpha value is -0.910. The Morgan fingerprint density at radius 1 is 1.27 bits per heavy atom. The van der Waals surface area contributed by atoms with Crippen molar-refractivity contribution in [2.45, 2.75) is 19.8 Å². The molecule has 2 rings (SSSR count). The number of nitrogens with one attached hydrogen (secondary N) is 1. The number of ether oxygens (including phenoxy) is 1. The molecule has 0 aromatic heterocycles. The number of benzene rings is 1. The van der Waals surface area contributed by atoms with Gasteiger partial charge < -0.3 is 10.1 Å². The van der Waals surface area contributed by atoms with Crippen molar-refractivity contribution in [2.24, 2.45) is 5.92 Å². The van der Waals surface area contributed by atoms with Crippen LogP contribution in [-0.4, -0.2) is 50.2 Å². The fourth-order valence-corrected chi connectivity index (χ4v) is 3.05. The topological polar surface area (TPSA) is 41.6 Å². The predicted molar refractivity (Wildman–Crippen MR) is 92.0 cm³/mol. The molecule has 122 valence electrons. The third kappa shape index (κ3) is 5.07. The van der Waals surface area contributed by atoms with E-state index in [-0.39, 0.29) is 17.7 Å². The minimum absolute atomic E-state index is 0.0993. The molecular formula is C17H25BrN2O2. The Morgan fingerprint density at radius 2 is 1.91 bits per heavy atom. The smallest absolute Gasteiger partial charge is 0.227 e. The van der Waals surface area contributed by atoms with Crippen LogP contribution in [0.1, 0.15) is 25.3 Å². The van der Waals surface area contributed by atoms with Crippen LogP contribution in [-0.2, 0) is 9.53 Å². The van der Waals surface area contributed by atoms with Crippen LogP contribution in [0.4, 0.5) is 0 Å². The molecule has 1 saturated heterocycles. The third-order valence-corrected chi connectivity index (χ3v) is 4.54. The Labute approximate surface area is 141 Å². The summed E-state index contributed by atoms with van der Waals surface area (Å²) in [6, 6.07) is 8.03. The number of carbonyl (C=O) groups excluding carboxylic acids is 1. The number of nitrogens with zero attached hydrogens (tertiary/aromatic N) is 1. The molecule has 0 aliphatic carbocycles. The van der Waals surface area contributed by atoms with Gasteiger partial charge in [-0.2, -0.15) is 0 Å². The molecular weight excluding hydrogens is 344 g/mol. The molecule has 1 aromatic rings. The van der Waals surface area contributed by atoms with Crippen molar-refractivity contribution in [3.63, 3.8) is 0 Å². The lowest BCUT2D eigenvalue weighted by atomic mass is 9.87. The summed E-state index contributed by atoms with van der Waals surface area (Å²) in [5, 5.41) is 3.09. The summed E-state index contributed by atoms with van der Waals surface area (Å²) in [7, 11) is 0. The first-order chi connectivity index (χ1) is 10.6. The predicted octanol–water partition coefficient (Wildman–Crippen LogP) is 2.64. The first-order valence-electron chi connectivity index (χ1n) is 7.91. The molecule has 0 bridgehead atoms. The molecule has 22 heavy (non-hydrogen) atoms. The van der Waals surface area contributed by atoms with Crippen LogP contribution in [0.3, 0.4) is 0 Å². The van der Waals surface area contributed by atoms with Crippen molar-refractivity contribution in [1.29, 1.82) is 0 Å². The number of halogens is 1. The van der Waals surface area contributed by atoms with Crippen molar-refractivity contribution in [2.75, 3.05) is 39.4 Å². The number of carbonyl (C=O) groups is 1. The van der Waals surface area contributed by atoms with Crippen LogP contribution in [0.5, 0.6) is 0 Å². The zero-order chi connectivity index (χ0) is 15.9. The first-order valence-corrected chi connectivity index (χ1v) is 8.70. The molecule has 1 atom stereocenters. The summed E-state index contributed by atoms with van der Waals surface area (Å²) in [4.78, 5) is 14.9. The van der Waals surface area contributed by atoms with Crippen molar-refractivity contribution in [1.82, 2.24) is 10.2 Å². The molecule has 4 nitrogen and oxygen atoms in total. The Kier molecular flexibility index (Phi) is 6.86. The van der Waals surface area contributed by atoms with Gasteiger partial charge in [0.05, 0.1) is 19.1 Å². The van der Waals surface area contributed by atoms with E-state index >= 15 is 0 Å². The van der Waals surface area contributed by atoms with Crippen LogP contribution in [0.15, 0.2) is 28.7 Å². The zero-order valence-corrected chi connectivity index (χ0v) is 14.9. The second-order valence-electron chi connectivity index (χ2n) is 6.02. The van der Waals surface area contributed by atoms with E-state index in [2.05, 4.69) is 40.0 Å². The van der Waals surface area contributed by atoms with Gasteiger partial charge in [-0.15, -0.1) is 0 Å². The van der Waals surface area contributed by atoms with Crippen LogP contribution >= 0.6 is 15.9 Å². The largest absolute Gasteiger partial charge is 0.379 e. The summed E-state index contributed by atoms with van der Waals surface area (Å²) in [5.41, 5.74) is 1.07. The van der Waals surface area contributed by atoms with Crippen molar-refractivity contribution < 1.29 is 9.53 Å². The number of morpholine rings is 1. The molecule has 0 spiro atoms. The lowest BCUT2D eigenvalue weighted by molar-refractivity contribution is -0.123. The van der Waals surface area contributed by atoms with E-state index < -0.39 is 0 Å². The summed E-state index contributed by atoms with van der Waals surface area (Å²) in [6.07, 6.45) is 0. The second-order valence-corrected chi connectivity index (χ2v) is 6.93. The molecule has 1 unspecified atom stereocenters. The maximum absolute atomic E-state index is 12.5. The highest BCUT2D eigenvalue weighted by molar-refractivity contribution is 9.10. The fourth-order valence-electron chi connectivity index (χ4n) is 2.78. The van der Waals surface area contributed by atoms with Gasteiger partial charge in [0.15, 0.2) is 0 Å². The summed E-state index contributed by atoms with van der Waals surface area (Å²) < 4.78 is 6.37. The molecule has 0 radical (unpaired) electrons. The van der Waals surface area contributed by atoms with E-state index in [0.717, 1.165) is 42.9 Å². The van der Waals surface area contributed by atoms with E-state index in [1.807, 2.05) is 24.3 Å². The van der Waals surface area contributed by atoms with Gasteiger partial charge in [-0.25, -0.2) is 0 Å². The van der Waals surface area contributed by atoms with E-state index in [9.17, 15) is 4.79 Å². The van der Waals surface area contributed by atoms with Crippen LogP contribution in [0.2, 0.25) is 0 Å². The molecule has 1 heterocycles. The van der Waals surface area contributed by atoms with Crippen molar-refractivity contribution >= 4 is 21.8 Å². The lowest BCUT2D eigenvalue weighted by Crippen LogP contribution is -2.42. The number of hydrogen-bond acceptors (Lipinski definition) is 3. The van der Waals surface area contributed by atoms with Gasteiger partial charge in [-0.3, -0.25) is 9.69 Å². The molecule has 1 amide bonds. The monoisotopic (exact) mass is 368 g/mol. The zero-order valence-electron chi connectivity index (χ0n) is 13.3. The third-order valence-electron chi connectivity index (χ3n) is 4.01. The average molecular weight is 369 g/mol. The molecule has 1 N–H and O–H groups in total. The summed E-state index contributed by atoms with van der Waals surface area (Å²) in [6.45, 7) is 9.26. The maximum atomic E-state index is 12.5. The van der Waals surface area contributed by atoms with Crippen molar-refractivity contribution in [3.8, 4) is 0 Å². The molecule has 1 aliphatic heterocycles. The normalized spacial score (nSPS) is 17.5. The van der Waals surface area contributed by atoms with E-state index in [1.54, 1.807) is 0 Å². The highest BCUT2D eigenvalue weighted by Crippen LogP contribution is 2.26. The number of rotatable bonds is 6. The molecule has 5 heteroatoms. The second kappa shape index (κ2) is 8.65. The van der Waals surface area contributed by atoms with E-state index in [1.165, 1.54) is 0 Å². The Morgan fingerprint density at radius 3 is 2.50 bits per heavy atom. The maximum Gasteiger partial charge on any atom is 0.227 e. The number of hydrogen-bond donors (Lipinski definition) is 1. The quantitative estimate of drug-likeness (QED) is 0.838. The average Bonchev–Trinajstić information content (AvgIpc) is 2.50. The van der Waals surface area contributed by atoms with Gasteiger partial charge in [0.2, 0.25) is 5.91 Å². The minimum Gasteiger partial charge on any atom is -0.379 e. The minimum atomic E-state index is -0.0993. The SMILES string of the molecule is CC(C)C(C(=O)NCCN1CCOCC1)c1ccc(Br)cc1. The van der Waals surface area contributed by atoms with Gasteiger partial charge in [-0.1, -0.05) is 41.9 Å². The molecule has 1 aromatic carbocycles. The lowest BCUT2D eigenvalue weighted by Gasteiger charge is -2.27. The van der Waals surface area contributed by atoms with Gasteiger partial charge in [0.25, 0.3) is 0 Å². The molecule has 1 fully saturated rings. The van der Waals surface area contributed by atoms with Gasteiger partial charge in [0.1, 0.15) is 0 Å². The summed E-state index contributed by atoms with van der Waals surface area (Å²) in [5.74, 6) is 0.285. The van der Waals surface area contributed by atoms with Crippen LogP contribution in [0, 0.1) is 5.92 Å². The van der Waals surface area contributed by atoms with Gasteiger partial charge in [0, 0.05) is 30.7 Å². The van der Waals surface area contributed by atoms with E-state index in [4.69, 9.17) is 4.74 Å². The Bertz CT molecular complexity index is 470. The standard InChI is InChI=1S/C17H25BrN2O2/c1-13(2)16(14-3-5-15(18)6-4-14)17(21)19-7-8-20-9-11-22-12-10-20/h3-6,13,16H,7-12H2,1-2H3,(H,19,21). The molecule has 1 aliphatic rings. The summed E-state index contributed by atoms with van der Waals surface area (Å²) >= 11 is 3.44. The van der Waals surface area contributed by atoms with Crippen LogP contribution < -0.4 is 5.32 Å². The van der Waals surface area contributed by atoms with Gasteiger partial charge >= 0.3 is 0 Å². The Balaban J connectivity index is 1.88. The first kappa shape index (κ1) is 17.4. The van der Waals surface area contributed by atoms with Crippen molar-refractivity contribution in [3.05, 3.63) is 34.3 Å². The number of amides is 1. The fraction of sp³-hybridized carbons (Fsp3) is 0.588. The van der Waals surface area contributed by atoms with Gasteiger partial charge in [-0.05, 0) is 23.6 Å². The molecule has 0 saturated carbocycles. The highest BCUT2D eigenvalue weighted by Gasteiger charge is 2.24.